The Morgan fingerprint density at radius 2 is 1.80 bits per heavy atom. The first-order chi connectivity index (χ1) is 12.0. The van der Waals surface area contributed by atoms with Gasteiger partial charge in [0.2, 0.25) is 0 Å². The molecule has 0 spiro atoms. The minimum Gasteiger partial charge on any atom is -0.503 e. The highest BCUT2D eigenvalue weighted by molar-refractivity contribution is 6.16. The second-order valence-corrected chi connectivity index (χ2v) is 6.32. The maximum Gasteiger partial charge on any atom is 0.294 e. The first-order valence-electron chi connectivity index (χ1n) is 8.37. The molecule has 1 N–H and O–H groups in total. The summed E-state index contributed by atoms with van der Waals surface area (Å²) in [7, 11) is 0. The van der Waals surface area contributed by atoms with Gasteiger partial charge >= 0.3 is 0 Å². The van der Waals surface area contributed by atoms with Gasteiger partial charge in [-0.2, -0.15) is 0 Å². The summed E-state index contributed by atoms with van der Waals surface area (Å²) in [4.78, 5) is 26.9. The van der Waals surface area contributed by atoms with E-state index in [1.54, 1.807) is 6.92 Å². The van der Waals surface area contributed by atoms with Crippen LogP contribution < -0.4 is 4.90 Å². The van der Waals surface area contributed by atoms with Gasteiger partial charge < -0.3 is 5.11 Å². The van der Waals surface area contributed by atoms with E-state index < -0.39 is 17.7 Å². The van der Waals surface area contributed by atoms with Gasteiger partial charge in [-0.25, -0.2) is 0 Å². The van der Waals surface area contributed by atoms with Gasteiger partial charge in [0.05, 0.1) is 11.6 Å². The van der Waals surface area contributed by atoms with E-state index >= 15 is 0 Å². The van der Waals surface area contributed by atoms with Crippen molar-refractivity contribution in [3.8, 4) is 0 Å². The summed E-state index contributed by atoms with van der Waals surface area (Å²) in [6.07, 6.45) is 0.233. The van der Waals surface area contributed by atoms with Crippen LogP contribution in [0.25, 0.3) is 0 Å². The number of hydrogen-bond acceptors (Lipinski definition) is 3. The Balaban J connectivity index is 2.22. The fourth-order valence-corrected chi connectivity index (χ4v) is 3.26. The smallest absolute Gasteiger partial charge is 0.294 e. The molecule has 4 nitrogen and oxygen atoms in total. The standard InChI is InChI=1S/C21H21NO3/c1-4-17(23)18-19(15-8-6-5-7-9-15)22(21(25)20(18)24)16-12-13(2)10-11-14(16)3/h5-12,19,24H,4H2,1-3H3. The maximum atomic E-state index is 12.8. The summed E-state index contributed by atoms with van der Waals surface area (Å²) in [6, 6.07) is 14.6. The van der Waals surface area contributed by atoms with Crippen LogP contribution in [-0.4, -0.2) is 16.8 Å². The average molecular weight is 335 g/mol. The zero-order chi connectivity index (χ0) is 18.1. The number of amides is 1. The summed E-state index contributed by atoms with van der Waals surface area (Å²) >= 11 is 0. The van der Waals surface area contributed by atoms with Crippen LogP contribution in [0.4, 0.5) is 5.69 Å². The third kappa shape index (κ3) is 2.84. The topological polar surface area (TPSA) is 57.6 Å². The zero-order valence-electron chi connectivity index (χ0n) is 14.6. The Hall–Kier alpha value is -2.88. The molecule has 2 aromatic rings. The monoisotopic (exact) mass is 335 g/mol. The van der Waals surface area contributed by atoms with Crippen LogP contribution in [-0.2, 0) is 9.59 Å². The maximum absolute atomic E-state index is 12.8. The Labute approximate surface area is 147 Å². The van der Waals surface area contributed by atoms with Crippen molar-refractivity contribution in [1.29, 1.82) is 0 Å². The van der Waals surface area contributed by atoms with Crippen molar-refractivity contribution in [2.75, 3.05) is 4.90 Å². The highest BCUT2D eigenvalue weighted by Gasteiger charge is 2.44. The lowest BCUT2D eigenvalue weighted by atomic mass is 9.94. The summed E-state index contributed by atoms with van der Waals surface area (Å²) < 4.78 is 0. The second-order valence-electron chi connectivity index (χ2n) is 6.32. The van der Waals surface area contributed by atoms with E-state index in [0.29, 0.717) is 5.69 Å². The molecule has 3 rings (SSSR count). The van der Waals surface area contributed by atoms with Crippen LogP contribution >= 0.6 is 0 Å². The molecule has 0 aliphatic carbocycles. The lowest BCUT2D eigenvalue weighted by molar-refractivity contribution is -0.118. The van der Waals surface area contributed by atoms with Crippen molar-refractivity contribution in [1.82, 2.24) is 0 Å². The quantitative estimate of drug-likeness (QED) is 0.912. The SMILES string of the molecule is CCC(=O)C1=C(O)C(=O)N(c2cc(C)ccc2C)C1c1ccccc1. The third-order valence-electron chi connectivity index (χ3n) is 4.57. The van der Waals surface area contributed by atoms with Crippen molar-refractivity contribution in [2.24, 2.45) is 0 Å². The molecular weight excluding hydrogens is 314 g/mol. The number of anilines is 1. The molecule has 25 heavy (non-hydrogen) atoms. The van der Waals surface area contributed by atoms with Crippen molar-refractivity contribution in [3.63, 3.8) is 0 Å². The number of aryl methyl sites for hydroxylation is 2. The van der Waals surface area contributed by atoms with Gasteiger partial charge in [0.15, 0.2) is 11.5 Å². The van der Waals surface area contributed by atoms with Crippen LogP contribution in [0.15, 0.2) is 59.9 Å². The number of aliphatic hydroxyl groups is 1. The molecule has 0 aromatic heterocycles. The van der Waals surface area contributed by atoms with Gasteiger partial charge in [0.1, 0.15) is 0 Å². The lowest BCUT2D eigenvalue weighted by Gasteiger charge is -2.28. The molecule has 0 saturated carbocycles. The number of nitrogens with zero attached hydrogens (tertiary/aromatic N) is 1. The van der Waals surface area contributed by atoms with Gasteiger partial charge in [-0.05, 0) is 36.6 Å². The fourth-order valence-electron chi connectivity index (χ4n) is 3.26. The van der Waals surface area contributed by atoms with E-state index in [4.69, 9.17) is 0 Å². The molecule has 1 aliphatic rings. The fraction of sp³-hybridized carbons (Fsp3) is 0.238. The molecule has 4 heteroatoms. The number of rotatable bonds is 4. The summed E-state index contributed by atoms with van der Waals surface area (Å²) in [5.74, 6) is -1.19. The van der Waals surface area contributed by atoms with Crippen molar-refractivity contribution in [2.45, 2.75) is 33.2 Å². The molecule has 2 aromatic carbocycles. The van der Waals surface area contributed by atoms with Crippen molar-refractivity contribution >= 4 is 17.4 Å². The normalized spacial score (nSPS) is 17.3. The largest absolute Gasteiger partial charge is 0.503 e. The van der Waals surface area contributed by atoms with Crippen molar-refractivity contribution in [3.05, 3.63) is 76.6 Å². The predicted octanol–water partition coefficient (Wildman–Crippen LogP) is 4.18. The van der Waals surface area contributed by atoms with Crippen LogP contribution in [0.2, 0.25) is 0 Å². The molecule has 1 atom stereocenters. The highest BCUT2D eigenvalue weighted by atomic mass is 16.3. The number of ketones is 1. The van der Waals surface area contributed by atoms with Gasteiger partial charge in [-0.1, -0.05) is 49.4 Å². The van der Waals surface area contributed by atoms with Crippen LogP contribution in [0.3, 0.4) is 0 Å². The second kappa shape index (κ2) is 6.55. The van der Waals surface area contributed by atoms with Gasteiger partial charge in [0.25, 0.3) is 5.91 Å². The molecule has 0 radical (unpaired) electrons. The van der Waals surface area contributed by atoms with Crippen molar-refractivity contribution < 1.29 is 14.7 Å². The molecule has 128 valence electrons. The van der Waals surface area contributed by atoms with E-state index in [1.807, 2.05) is 62.4 Å². The molecule has 1 unspecified atom stereocenters. The molecule has 1 heterocycles. The summed E-state index contributed by atoms with van der Waals surface area (Å²) in [5.41, 5.74) is 3.62. The van der Waals surface area contributed by atoms with E-state index in [2.05, 4.69) is 0 Å². The number of carbonyl (C=O) groups is 2. The Morgan fingerprint density at radius 1 is 1.12 bits per heavy atom. The lowest BCUT2D eigenvalue weighted by Crippen LogP contribution is -2.31. The number of Topliss-reactive ketones (excluding diaryl/α,β-unsaturated/α-hetero) is 1. The summed E-state index contributed by atoms with van der Waals surface area (Å²) in [5, 5.41) is 10.5. The number of aliphatic hydroxyl groups excluding tert-OH is 1. The highest BCUT2D eigenvalue weighted by Crippen LogP contribution is 2.42. The van der Waals surface area contributed by atoms with Crippen LogP contribution in [0.1, 0.15) is 36.1 Å². The number of benzene rings is 2. The molecule has 0 fully saturated rings. The van der Waals surface area contributed by atoms with E-state index in [9.17, 15) is 14.7 Å². The zero-order valence-corrected chi connectivity index (χ0v) is 14.6. The van der Waals surface area contributed by atoms with Gasteiger partial charge in [-0.3, -0.25) is 14.5 Å². The molecular formula is C21H21NO3. The number of hydrogen-bond donors (Lipinski definition) is 1. The van der Waals surface area contributed by atoms with E-state index in [0.717, 1.165) is 16.7 Å². The van der Waals surface area contributed by atoms with Crippen LogP contribution in [0.5, 0.6) is 0 Å². The predicted molar refractivity (Wildman–Crippen MR) is 97.5 cm³/mol. The molecule has 0 bridgehead atoms. The first-order valence-corrected chi connectivity index (χ1v) is 8.37. The molecule has 0 saturated heterocycles. The Morgan fingerprint density at radius 3 is 2.44 bits per heavy atom. The Bertz CT molecular complexity index is 868. The van der Waals surface area contributed by atoms with Gasteiger partial charge in [-0.15, -0.1) is 0 Å². The van der Waals surface area contributed by atoms with Crippen LogP contribution in [0, 0.1) is 13.8 Å². The van der Waals surface area contributed by atoms with E-state index in [1.165, 1.54) is 4.90 Å². The Kier molecular flexibility index (Phi) is 4.45. The minimum atomic E-state index is -0.610. The average Bonchev–Trinajstić information content (AvgIpc) is 2.88. The molecule has 1 aliphatic heterocycles. The third-order valence-corrected chi connectivity index (χ3v) is 4.57. The first kappa shape index (κ1) is 17.0. The number of carbonyl (C=O) groups excluding carboxylic acids is 2. The minimum absolute atomic E-state index is 0.180. The van der Waals surface area contributed by atoms with Gasteiger partial charge in [0, 0.05) is 12.1 Å². The van der Waals surface area contributed by atoms with E-state index in [-0.39, 0.29) is 17.8 Å². The molecule has 1 amide bonds. The summed E-state index contributed by atoms with van der Waals surface area (Å²) in [6.45, 7) is 5.60.